The summed E-state index contributed by atoms with van der Waals surface area (Å²) in [5, 5.41) is 7.18. The summed E-state index contributed by atoms with van der Waals surface area (Å²) in [7, 11) is 1.74. The van der Waals surface area contributed by atoms with Gasteiger partial charge in [0.15, 0.2) is 0 Å². The van der Waals surface area contributed by atoms with Crippen LogP contribution >= 0.6 is 0 Å². The number of hydrogen-bond donors (Lipinski definition) is 2. The molecule has 0 aromatic carbocycles. The molecular formula is C18H29N3O. The third-order valence-electron chi connectivity index (χ3n) is 5.01. The minimum absolute atomic E-state index is 0.571. The van der Waals surface area contributed by atoms with Crippen molar-refractivity contribution in [3.63, 3.8) is 0 Å². The molecule has 4 nitrogen and oxygen atoms in total. The summed E-state index contributed by atoms with van der Waals surface area (Å²) in [6.07, 6.45) is 15.0. The summed E-state index contributed by atoms with van der Waals surface area (Å²) in [6.45, 7) is 0. The quantitative estimate of drug-likeness (QED) is 0.836. The van der Waals surface area contributed by atoms with Gasteiger partial charge in [-0.05, 0) is 25.7 Å². The fourth-order valence-electron chi connectivity index (χ4n) is 3.72. The van der Waals surface area contributed by atoms with Gasteiger partial charge in [0.25, 0.3) is 0 Å². The molecule has 0 spiro atoms. The van der Waals surface area contributed by atoms with Crippen LogP contribution < -0.4 is 15.4 Å². The van der Waals surface area contributed by atoms with Crippen molar-refractivity contribution in [2.45, 2.75) is 76.3 Å². The van der Waals surface area contributed by atoms with Crippen molar-refractivity contribution in [1.29, 1.82) is 0 Å². The number of rotatable bonds is 5. The van der Waals surface area contributed by atoms with Crippen LogP contribution in [-0.2, 0) is 0 Å². The first kappa shape index (κ1) is 15.4. The molecule has 2 fully saturated rings. The first-order valence-electron chi connectivity index (χ1n) is 8.92. The maximum atomic E-state index is 5.57. The van der Waals surface area contributed by atoms with E-state index in [9.17, 15) is 0 Å². The summed E-state index contributed by atoms with van der Waals surface area (Å²) in [5.41, 5.74) is 1.03. The highest BCUT2D eigenvalue weighted by Gasteiger charge is 2.17. The van der Waals surface area contributed by atoms with Crippen LogP contribution in [0.15, 0.2) is 12.3 Å². The van der Waals surface area contributed by atoms with Crippen molar-refractivity contribution in [1.82, 2.24) is 4.98 Å². The van der Waals surface area contributed by atoms with Crippen LogP contribution in [0.4, 0.5) is 11.5 Å². The van der Waals surface area contributed by atoms with Gasteiger partial charge in [0.1, 0.15) is 11.6 Å². The van der Waals surface area contributed by atoms with Gasteiger partial charge < -0.3 is 15.4 Å². The van der Waals surface area contributed by atoms with Crippen LogP contribution in [0.1, 0.15) is 64.2 Å². The van der Waals surface area contributed by atoms with E-state index in [0.29, 0.717) is 12.1 Å². The van der Waals surface area contributed by atoms with Crippen molar-refractivity contribution in [2.75, 3.05) is 17.7 Å². The molecule has 2 N–H and O–H groups in total. The molecule has 0 atom stereocenters. The molecular weight excluding hydrogens is 274 g/mol. The van der Waals surface area contributed by atoms with Crippen molar-refractivity contribution in [2.24, 2.45) is 0 Å². The molecule has 0 bridgehead atoms. The van der Waals surface area contributed by atoms with E-state index in [2.05, 4.69) is 15.6 Å². The average molecular weight is 303 g/mol. The van der Waals surface area contributed by atoms with Gasteiger partial charge in [0.2, 0.25) is 0 Å². The summed E-state index contributed by atoms with van der Waals surface area (Å²) in [4.78, 5) is 4.59. The van der Waals surface area contributed by atoms with E-state index >= 15 is 0 Å². The van der Waals surface area contributed by atoms with E-state index in [0.717, 1.165) is 17.3 Å². The molecule has 1 heterocycles. The van der Waals surface area contributed by atoms with Crippen molar-refractivity contribution < 1.29 is 4.74 Å². The Labute approximate surface area is 134 Å². The lowest BCUT2D eigenvalue weighted by atomic mass is 9.95. The molecule has 122 valence electrons. The normalized spacial score (nSPS) is 20.6. The molecule has 2 aliphatic carbocycles. The minimum atomic E-state index is 0.571. The van der Waals surface area contributed by atoms with E-state index in [1.54, 1.807) is 7.11 Å². The Morgan fingerprint density at radius 3 is 2.09 bits per heavy atom. The zero-order valence-electron chi connectivity index (χ0n) is 13.7. The molecule has 1 aromatic heterocycles. The Balaban J connectivity index is 1.64. The summed E-state index contributed by atoms with van der Waals surface area (Å²) in [5.74, 6) is 1.84. The Bertz CT molecular complexity index is 465. The fraction of sp³-hybridized carbons (Fsp3) is 0.722. The van der Waals surface area contributed by atoms with E-state index in [1.807, 2.05) is 12.3 Å². The van der Waals surface area contributed by atoms with E-state index in [-0.39, 0.29) is 0 Å². The highest BCUT2D eigenvalue weighted by Crippen LogP contribution is 2.30. The molecule has 0 unspecified atom stereocenters. The Morgan fingerprint density at radius 1 is 0.909 bits per heavy atom. The number of hydrogen-bond acceptors (Lipinski definition) is 4. The minimum Gasteiger partial charge on any atom is -0.494 e. The molecule has 2 saturated carbocycles. The fourth-order valence-corrected chi connectivity index (χ4v) is 3.72. The Morgan fingerprint density at radius 2 is 1.50 bits per heavy atom. The van der Waals surface area contributed by atoms with E-state index < -0.39 is 0 Å². The van der Waals surface area contributed by atoms with Gasteiger partial charge >= 0.3 is 0 Å². The zero-order valence-corrected chi connectivity index (χ0v) is 13.7. The predicted octanol–water partition coefficient (Wildman–Crippen LogP) is 4.58. The van der Waals surface area contributed by atoms with Crippen molar-refractivity contribution in [3.8, 4) is 5.75 Å². The lowest BCUT2D eigenvalue weighted by Gasteiger charge is -2.26. The second kappa shape index (κ2) is 7.70. The third kappa shape index (κ3) is 4.05. The lowest BCUT2D eigenvalue weighted by molar-refractivity contribution is 0.412. The first-order chi connectivity index (χ1) is 10.8. The highest BCUT2D eigenvalue weighted by atomic mass is 16.5. The molecule has 4 heteroatoms. The Kier molecular flexibility index (Phi) is 5.41. The maximum absolute atomic E-state index is 5.57. The van der Waals surface area contributed by atoms with Crippen LogP contribution in [0.3, 0.4) is 0 Å². The van der Waals surface area contributed by atoms with Crippen LogP contribution in [0, 0.1) is 0 Å². The summed E-state index contributed by atoms with van der Waals surface area (Å²) in [6, 6.07) is 3.18. The number of aromatic nitrogens is 1. The molecule has 0 saturated heterocycles. The lowest BCUT2D eigenvalue weighted by Crippen LogP contribution is -2.24. The van der Waals surface area contributed by atoms with Gasteiger partial charge in [-0.15, -0.1) is 0 Å². The zero-order chi connectivity index (χ0) is 15.2. The molecule has 1 aromatic rings. The number of ether oxygens (including phenoxy) is 1. The van der Waals surface area contributed by atoms with Crippen LogP contribution in [0.2, 0.25) is 0 Å². The highest BCUT2D eigenvalue weighted by molar-refractivity contribution is 5.60. The molecule has 3 rings (SSSR count). The van der Waals surface area contributed by atoms with Crippen LogP contribution in [0.25, 0.3) is 0 Å². The van der Waals surface area contributed by atoms with Crippen LogP contribution in [0.5, 0.6) is 5.75 Å². The standard InChI is InChI=1S/C18H29N3O/c1-22-17-12-18(21-15-10-6-3-7-11-15)19-13-16(17)20-14-8-4-2-5-9-14/h12-15,20H,2-11H2,1H3,(H,19,21). The van der Waals surface area contributed by atoms with Crippen molar-refractivity contribution in [3.05, 3.63) is 12.3 Å². The molecule has 0 amide bonds. The predicted molar refractivity (Wildman–Crippen MR) is 91.8 cm³/mol. The number of nitrogens with one attached hydrogen (secondary N) is 2. The SMILES string of the molecule is COc1cc(NC2CCCCC2)ncc1NC1CCCCC1. The second-order valence-electron chi connectivity index (χ2n) is 6.73. The summed E-state index contributed by atoms with van der Waals surface area (Å²) >= 11 is 0. The molecule has 2 aliphatic rings. The number of pyridine rings is 1. The van der Waals surface area contributed by atoms with E-state index in [1.165, 1.54) is 64.2 Å². The van der Waals surface area contributed by atoms with Gasteiger partial charge in [0.05, 0.1) is 19.0 Å². The number of nitrogens with zero attached hydrogens (tertiary/aromatic N) is 1. The Hall–Kier alpha value is -1.45. The van der Waals surface area contributed by atoms with Crippen molar-refractivity contribution >= 4 is 11.5 Å². The maximum Gasteiger partial charge on any atom is 0.147 e. The topological polar surface area (TPSA) is 46.2 Å². The van der Waals surface area contributed by atoms with E-state index in [4.69, 9.17) is 4.74 Å². The monoisotopic (exact) mass is 303 g/mol. The second-order valence-corrected chi connectivity index (χ2v) is 6.73. The van der Waals surface area contributed by atoms with Gasteiger partial charge in [-0.3, -0.25) is 0 Å². The largest absolute Gasteiger partial charge is 0.494 e. The number of anilines is 2. The van der Waals surface area contributed by atoms with Gasteiger partial charge in [-0.1, -0.05) is 38.5 Å². The van der Waals surface area contributed by atoms with Gasteiger partial charge in [0, 0.05) is 18.2 Å². The third-order valence-corrected chi connectivity index (χ3v) is 5.01. The smallest absolute Gasteiger partial charge is 0.147 e. The van der Waals surface area contributed by atoms with Gasteiger partial charge in [-0.2, -0.15) is 0 Å². The number of methoxy groups -OCH3 is 1. The van der Waals surface area contributed by atoms with Crippen LogP contribution in [-0.4, -0.2) is 24.2 Å². The average Bonchev–Trinajstić information content (AvgIpc) is 2.58. The molecule has 22 heavy (non-hydrogen) atoms. The molecule has 0 aliphatic heterocycles. The van der Waals surface area contributed by atoms with Gasteiger partial charge in [-0.25, -0.2) is 4.98 Å². The molecule has 0 radical (unpaired) electrons. The summed E-state index contributed by atoms with van der Waals surface area (Å²) < 4.78 is 5.57. The first-order valence-corrected chi connectivity index (χ1v) is 8.92.